The average Bonchev–Trinajstić information content (AvgIpc) is 2.22. The summed E-state index contributed by atoms with van der Waals surface area (Å²) in [4.78, 5) is 0. The molecule has 0 saturated carbocycles. The Kier molecular flexibility index (Phi) is 5.11. The molecule has 0 fully saturated rings. The quantitative estimate of drug-likeness (QED) is 0.745. The summed E-state index contributed by atoms with van der Waals surface area (Å²) >= 11 is 0. The van der Waals surface area contributed by atoms with Gasteiger partial charge in [0, 0.05) is 19.6 Å². The zero-order valence-electron chi connectivity index (χ0n) is 10.6. The Morgan fingerprint density at radius 3 is 2.53 bits per heavy atom. The van der Waals surface area contributed by atoms with Crippen molar-refractivity contribution in [1.29, 1.82) is 0 Å². The third kappa shape index (κ3) is 5.30. The van der Waals surface area contributed by atoms with Crippen molar-refractivity contribution < 1.29 is 8.42 Å². The average molecular weight is 256 g/mol. The summed E-state index contributed by atoms with van der Waals surface area (Å²) in [5.41, 5.74) is 3.82. The zero-order valence-corrected chi connectivity index (χ0v) is 11.4. The Morgan fingerprint density at radius 2 is 1.88 bits per heavy atom. The predicted molar refractivity (Wildman–Crippen MR) is 70.5 cm³/mol. The molecular formula is C12H20N2O2S. The molecule has 5 heteroatoms. The summed E-state index contributed by atoms with van der Waals surface area (Å²) < 4.78 is 24.1. The van der Waals surface area contributed by atoms with E-state index in [-0.39, 0.29) is 0 Å². The first-order valence-electron chi connectivity index (χ1n) is 5.60. The van der Waals surface area contributed by atoms with E-state index >= 15 is 0 Å². The number of sulfonamides is 1. The van der Waals surface area contributed by atoms with Gasteiger partial charge in [-0.25, -0.2) is 13.1 Å². The van der Waals surface area contributed by atoms with Crippen LogP contribution in [0, 0.1) is 13.8 Å². The molecule has 1 rings (SSSR count). The van der Waals surface area contributed by atoms with Gasteiger partial charge in [-0.3, -0.25) is 0 Å². The highest BCUT2D eigenvalue weighted by Gasteiger charge is 2.01. The molecule has 0 aliphatic heterocycles. The fourth-order valence-corrected chi connectivity index (χ4v) is 2.02. The summed E-state index contributed by atoms with van der Waals surface area (Å²) in [7, 11) is -3.07. The van der Waals surface area contributed by atoms with Gasteiger partial charge in [0.1, 0.15) is 0 Å². The van der Waals surface area contributed by atoms with E-state index in [1.807, 2.05) is 6.07 Å². The minimum atomic E-state index is -3.07. The Balaban J connectivity index is 2.34. The highest BCUT2D eigenvalue weighted by Crippen LogP contribution is 2.11. The molecule has 0 bridgehead atoms. The summed E-state index contributed by atoms with van der Waals surface area (Å²) in [5.74, 6) is 0. The van der Waals surface area contributed by atoms with Crippen LogP contribution >= 0.6 is 0 Å². The Morgan fingerprint density at radius 1 is 1.18 bits per heavy atom. The monoisotopic (exact) mass is 256 g/mol. The number of hydrogen-bond acceptors (Lipinski definition) is 3. The van der Waals surface area contributed by atoms with Crippen molar-refractivity contribution in [2.75, 3.05) is 19.3 Å². The lowest BCUT2D eigenvalue weighted by molar-refractivity contribution is 0.581. The van der Waals surface area contributed by atoms with Crippen LogP contribution in [-0.4, -0.2) is 27.8 Å². The molecule has 0 aromatic heterocycles. The van der Waals surface area contributed by atoms with Gasteiger partial charge in [-0.1, -0.05) is 18.2 Å². The van der Waals surface area contributed by atoms with E-state index in [4.69, 9.17) is 0 Å². The van der Waals surface area contributed by atoms with E-state index in [9.17, 15) is 8.42 Å². The molecular weight excluding hydrogens is 236 g/mol. The number of aryl methyl sites for hydroxylation is 1. The molecule has 96 valence electrons. The van der Waals surface area contributed by atoms with E-state index in [1.54, 1.807) is 0 Å². The van der Waals surface area contributed by atoms with Crippen molar-refractivity contribution in [1.82, 2.24) is 10.0 Å². The second kappa shape index (κ2) is 6.14. The second-order valence-corrected chi connectivity index (χ2v) is 6.04. The third-order valence-corrected chi connectivity index (χ3v) is 3.43. The maximum absolute atomic E-state index is 10.8. The van der Waals surface area contributed by atoms with Gasteiger partial charge in [-0.05, 0) is 30.5 Å². The van der Waals surface area contributed by atoms with Gasteiger partial charge in [0.05, 0.1) is 6.26 Å². The smallest absolute Gasteiger partial charge is 0.208 e. The van der Waals surface area contributed by atoms with E-state index < -0.39 is 10.0 Å². The van der Waals surface area contributed by atoms with Crippen LogP contribution in [0.3, 0.4) is 0 Å². The first kappa shape index (κ1) is 14.2. The van der Waals surface area contributed by atoms with Crippen molar-refractivity contribution in [3.63, 3.8) is 0 Å². The van der Waals surface area contributed by atoms with Gasteiger partial charge in [0.2, 0.25) is 10.0 Å². The molecule has 0 aliphatic carbocycles. The topological polar surface area (TPSA) is 58.2 Å². The molecule has 0 heterocycles. The van der Waals surface area contributed by atoms with Gasteiger partial charge < -0.3 is 5.32 Å². The molecule has 0 aliphatic rings. The fourth-order valence-electron chi connectivity index (χ4n) is 1.55. The van der Waals surface area contributed by atoms with E-state index in [2.05, 4.69) is 36.0 Å². The third-order valence-electron chi connectivity index (χ3n) is 2.70. The van der Waals surface area contributed by atoms with Gasteiger partial charge in [-0.15, -0.1) is 0 Å². The molecule has 2 N–H and O–H groups in total. The maximum Gasteiger partial charge on any atom is 0.208 e. The molecule has 0 atom stereocenters. The highest BCUT2D eigenvalue weighted by atomic mass is 32.2. The predicted octanol–water partition coefficient (Wildman–Crippen LogP) is 0.942. The summed E-state index contributed by atoms with van der Waals surface area (Å²) in [6.07, 6.45) is 1.16. The van der Waals surface area contributed by atoms with Crippen LogP contribution in [0.4, 0.5) is 0 Å². The standard InChI is InChI=1S/C12H20N2O2S/c1-10-5-4-6-12(11(10)2)9-13-7-8-14-17(3,15)16/h4-6,13-14H,7-9H2,1-3H3. The molecule has 0 saturated heterocycles. The van der Waals surface area contributed by atoms with Crippen molar-refractivity contribution in [3.8, 4) is 0 Å². The van der Waals surface area contributed by atoms with E-state index in [0.29, 0.717) is 13.1 Å². The number of benzene rings is 1. The van der Waals surface area contributed by atoms with Crippen LogP contribution in [0.5, 0.6) is 0 Å². The van der Waals surface area contributed by atoms with Crippen LogP contribution in [0.15, 0.2) is 18.2 Å². The lowest BCUT2D eigenvalue weighted by Gasteiger charge is -2.09. The van der Waals surface area contributed by atoms with Gasteiger partial charge in [0.15, 0.2) is 0 Å². The van der Waals surface area contributed by atoms with Crippen molar-refractivity contribution in [2.24, 2.45) is 0 Å². The lowest BCUT2D eigenvalue weighted by atomic mass is 10.0. The number of nitrogens with one attached hydrogen (secondary N) is 2. The normalized spacial score (nSPS) is 11.7. The van der Waals surface area contributed by atoms with Crippen LogP contribution in [-0.2, 0) is 16.6 Å². The maximum atomic E-state index is 10.8. The molecule has 0 radical (unpaired) electrons. The summed E-state index contributed by atoms with van der Waals surface area (Å²) in [6, 6.07) is 6.21. The SMILES string of the molecule is Cc1cccc(CNCCNS(C)(=O)=O)c1C. The Hall–Kier alpha value is -0.910. The Bertz CT molecular complexity index is 469. The largest absolute Gasteiger partial charge is 0.311 e. The van der Waals surface area contributed by atoms with E-state index in [1.165, 1.54) is 16.7 Å². The highest BCUT2D eigenvalue weighted by molar-refractivity contribution is 7.88. The van der Waals surface area contributed by atoms with Crippen LogP contribution < -0.4 is 10.0 Å². The minimum Gasteiger partial charge on any atom is -0.311 e. The van der Waals surface area contributed by atoms with Crippen LogP contribution in [0.1, 0.15) is 16.7 Å². The van der Waals surface area contributed by atoms with Gasteiger partial charge >= 0.3 is 0 Å². The molecule has 17 heavy (non-hydrogen) atoms. The van der Waals surface area contributed by atoms with Crippen LogP contribution in [0.25, 0.3) is 0 Å². The Labute approximate surface area is 103 Å². The van der Waals surface area contributed by atoms with Gasteiger partial charge in [0.25, 0.3) is 0 Å². The fraction of sp³-hybridized carbons (Fsp3) is 0.500. The zero-order chi connectivity index (χ0) is 12.9. The molecule has 4 nitrogen and oxygen atoms in total. The lowest BCUT2D eigenvalue weighted by Crippen LogP contribution is -2.30. The summed E-state index contributed by atoms with van der Waals surface area (Å²) in [5, 5.41) is 3.22. The molecule has 1 aromatic rings. The van der Waals surface area contributed by atoms with Gasteiger partial charge in [-0.2, -0.15) is 0 Å². The minimum absolute atomic E-state index is 0.420. The number of rotatable bonds is 6. The molecule has 0 spiro atoms. The first-order chi connectivity index (χ1) is 7.90. The number of hydrogen-bond donors (Lipinski definition) is 2. The molecule has 0 unspecified atom stereocenters. The molecule has 0 amide bonds. The van der Waals surface area contributed by atoms with Crippen LogP contribution in [0.2, 0.25) is 0 Å². The molecule has 1 aromatic carbocycles. The van der Waals surface area contributed by atoms with E-state index in [0.717, 1.165) is 12.8 Å². The summed E-state index contributed by atoms with van der Waals surface area (Å²) in [6.45, 7) is 5.99. The van der Waals surface area contributed by atoms with Crippen molar-refractivity contribution in [2.45, 2.75) is 20.4 Å². The first-order valence-corrected chi connectivity index (χ1v) is 7.50. The van der Waals surface area contributed by atoms with Crippen molar-refractivity contribution in [3.05, 3.63) is 34.9 Å². The van der Waals surface area contributed by atoms with Crippen molar-refractivity contribution >= 4 is 10.0 Å². The second-order valence-electron chi connectivity index (χ2n) is 4.20.